The van der Waals surface area contributed by atoms with E-state index in [-0.39, 0.29) is 0 Å². The van der Waals surface area contributed by atoms with Crippen molar-refractivity contribution in [3.63, 3.8) is 0 Å². The third-order valence-corrected chi connectivity index (χ3v) is 1.28. The zero-order chi connectivity index (χ0) is 7.40. The van der Waals surface area contributed by atoms with Gasteiger partial charge in [0.1, 0.15) is 0 Å². The van der Waals surface area contributed by atoms with Crippen molar-refractivity contribution in [2.45, 2.75) is 20.3 Å². The average molecular weight is 140 g/mol. The van der Waals surface area contributed by atoms with E-state index in [4.69, 9.17) is 4.52 Å². The van der Waals surface area contributed by atoms with E-state index in [2.05, 4.69) is 17.4 Å². The minimum atomic E-state index is 0.793. The van der Waals surface area contributed by atoms with Gasteiger partial charge in [-0.15, -0.1) is 0 Å². The Morgan fingerprint density at radius 1 is 1.70 bits per heavy atom. The number of hydrogen-bond acceptors (Lipinski definition) is 3. The molecule has 0 bridgehead atoms. The average Bonchev–Trinajstić information content (AvgIpc) is 2.31. The topological polar surface area (TPSA) is 38.1 Å². The van der Waals surface area contributed by atoms with E-state index in [1.54, 1.807) is 6.20 Å². The predicted octanol–water partition coefficient (Wildman–Crippen LogP) is 1.80. The fraction of sp³-hybridized carbons (Fsp3) is 0.571. The molecule has 0 spiro atoms. The summed E-state index contributed by atoms with van der Waals surface area (Å²) >= 11 is 0. The smallest absolute Gasteiger partial charge is 0.227 e. The zero-order valence-electron chi connectivity index (χ0n) is 6.35. The summed E-state index contributed by atoms with van der Waals surface area (Å²) in [5.74, 6) is 0.793. The van der Waals surface area contributed by atoms with Crippen LogP contribution in [0.2, 0.25) is 0 Å². The largest absolute Gasteiger partial charge is 0.354 e. The highest BCUT2D eigenvalue weighted by Crippen LogP contribution is 2.11. The van der Waals surface area contributed by atoms with Crippen LogP contribution in [-0.2, 0) is 0 Å². The molecule has 0 unspecified atom stereocenters. The first-order valence-corrected chi connectivity index (χ1v) is 3.49. The van der Waals surface area contributed by atoms with Crippen molar-refractivity contribution in [1.29, 1.82) is 0 Å². The molecule has 1 heterocycles. The van der Waals surface area contributed by atoms with Gasteiger partial charge in [-0.3, -0.25) is 0 Å². The lowest BCUT2D eigenvalue weighted by atomic mass is 10.4. The van der Waals surface area contributed by atoms with Crippen molar-refractivity contribution in [3.8, 4) is 0 Å². The standard InChI is InChI=1S/C7H12N2O/c1-3-4-8-7-6(2)5-9-10-7/h5,8H,3-4H2,1-2H3. The normalized spacial score (nSPS) is 9.80. The van der Waals surface area contributed by atoms with Gasteiger partial charge in [0.25, 0.3) is 0 Å². The van der Waals surface area contributed by atoms with Crippen LogP contribution >= 0.6 is 0 Å². The molecule has 56 valence electrons. The summed E-state index contributed by atoms with van der Waals surface area (Å²) < 4.78 is 4.91. The second-order valence-corrected chi connectivity index (χ2v) is 2.26. The fourth-order valence-electron chi connectivity index (χ4n) is 0.699. The van der Waals surface area contributed by atoms with E-state index < -0.39 is 0 Å². The van der Waals surface area contributed by atoms with Gasteiger partial charge in [0.2, 0.25) is 5.88 Å². The highest BCUT2D eigenvalue weighted by atomic mass is 16.5. The molecule has 0 aliphatic rings. The lowest BCUT2D eigenvalue weighted by Gasteiger charge is -1.97. The summed E-state index contributed by atoms with van der Waals surface area (Å²) in [5.41, 5.74) is 1.06. The van der Waals surface area contributed by atoms with Crippen LogP contribution in [0.4, 0.5) is 5.88 Å². The molecular weight excluding hydrogens is 128 g/mol. The lowest BCUT2D eigenvalue weighted by Crippen LogP contribution is -1.98. The van der Waals surface area contributed by atoms with Crippen molar-refractivity contribution in [1.82, 2.24) is 5.16 Å². The van der Waals surface area contributed by atoms with Gasteiger partial charge in [-0.25, -0.2) is 0 Å². The summed E-state index contributed by atoms with van der Waals surface area (Å²) in [4.78, 5) is 0. The van der Waals surface area contributed by atoms with E-state index in [1.807, 2.05) is 6.92 Å². The molecule has 0 fully saturated rings. The first-order valence-electron chi connectivity index (χ1n) is 3.49. The van der Waals surface area contributed by atoms with Crippen LogP contribution in [0.3, 0.4) is 0 Å². The molecule has 1 N–H and O–H groups in total. The number of anilines is 1. The SMILES string of the molecule is CCCNc1oncc1C. The Morgan fingerprint density at radius 3 is 3.00 bits per heavy atom. The number of nitrogens with one attached hydrogen (secondary N) is 1. The molecule has 0 atom stereocenters. The van der Waals surface area contributed by atoms with E-state index in [0.717, 1.165) is 24.4 Å². The van der Waals surface area contributed by atoms with Gasteiger partial charge in [0.15, 0.2) is 0 Å². The second kappa shape index (κ2) is 3.25. The van der Waals surface area contributed by atoms with Crippen LogP contribution < -0.4 is 5.32 Å². The summed E-state index contributed by atoms with van der Waals surface area (Å²) in [6.45, 7) is 5.02. The highest BCUT2D eigenvalue weighted by molar-refractivity contribution is 5.37. The van der Waals surface area contributed by atoms with Crippen LogP contribution in [0, 0.1) is 6.92 Å². The third kappa shape index (κ3) is 1.50. The minimum Gasteiger partial charge on any atom is -0.354 e. The lowest BCUT2D eigenvalue weighted by molar-refractivity contribution is 0.431. The van der Waals surface area contributed by atoms with Crippen LogP contribution in [0.1, 0.15) is 18.9 Å². The first kappa shape index (κ1) is 7.12. The Bertz CT molecular complexity index is 195. The Morgan fingerprint density at radius 2 is 2.50 bits per heavy atom. The Balaban J connectivity index is 2.49. The number of rotatable bonds is 3. The molecular formula is C7H12N2O. The molecule has 10 heavy (non-hydrogen) atoms. The molecule has 1 aromatic rings. The van der Waals surface area contributed by atoms with E-state index in [9.17, 15) is 0 Å². The maximum atomic E-state index is 4.91. The highest BCUT2D eigenvalue weighted by Gasteiger charge is 1.99. The van der Waals surface area contributed by atoms with Crippen LogP contribution in [-0.4, -0.2) is 11.7 Å². The second-order valence-electron chi connectivity index (χ2n) is 2.26. The third-order valence-electron chi connectivity index (χ3n) is 1.28. The van der Waals surface area contributed by atoms with Crippen LogP contribution in [0.25, 0.3) is 0 Å². The molecule has 0 radical (unpaired) electrons. The number of aromatic nitrogens is 1. The number of hydrogen-bond donors (Lipinski definition) is 1. The first-order chi connectivity index (χ1) is 4.84. The van der Waals surface area contributed by atoms with Crippen molar-refractivity contribution < 1.29 is 4.52 Å². The van der Waals surface area contributed by atoms with Gasteiger partial charge in [-0.1, -0.05) is 12.1 Å². The Labute approximate surface area is 60.4 Å². The maximum Gasteiger partial charge on any atom is 0.227 e. The molecule has 0 aliphatic carbocycles. The van der Waals surface area contributed by atoms with Crippen molar-refractivity contribution in [3.05, 3.63) is 11.8 Å². The van der Waals surface area contributed by atoms with E-state index >= 15 is 0 Å². The molecule has 0 aromatic carbocycles. The number of aryl methyl sites for hydroxylation is 1. The van der Waals surface area contributed by atoms with Gasteiger partial charge in [0.05, 0.1) is 6.20 Å². The van der Waals surface area contributed by atoms with Crippen LogP contribution in [0.15, 0.2) is 10.7 Å². The fourth-order valence-corrected chi connectivity index (χ4v) is 0.699. The quantitative estimate of drug-likeness (QED) is 0.695. The molecule has 3 heteroatoms. The van der Waals surface area contributed by atoms with Gasteiger partial charge < -0.3 is 9.84 Å². The van der Waals surface area contributed by atoms with Gasteiger partial charge in [0, 0.05) is 12.1 Å². The van der Waals surface area contributed by atoms with Crippen molar-refractivity contribution >= 4 is 5.88 Å². The van der Waals surface area contributed by atoms with Crippen molar-refractivity contribution in [2.24, 2.45) is 0 Å². The molecule has 0 aliphatic heterocycles. The summed E-state index contributed by atoms with van der Waals surface area (Å²) in [6.07, 6.45) is 2.80. The zero-order valence-corrected chi connectivity index (χ0v) is 6.35. The molecule has 0 saturated carbocycles. The minimum absolute atomic E-state index is 0.793. The maximum absolute atomic E-state index is 4.91. The molecule has 0 amide bonds. The van der Waals surface area contributed by atoms with Gasteiger partial charge >= 0.3 is 0 Å². The van der Waals surface area contributed by atoms with Crippen LogP contribution in [0.5, 0.6) is 0 Å². The Kier molecular flexibility index (Phi) is 2.31. The molecule has 1 aromatic heterocycles. The summed E-state index contributed by atoms with van der Waals surface area (Å²) in [5, 5.41) is 6.75. The van der Waals surface area contributed by atoms with Gasteiger partial charge in [-0.05, 0) is 13.3 Å². The molecule has 1 rings (SSSR count). The van der Waals surface area contributed by atoms with Crippen molar-refractivity contribution in [2.75, 3.05) is 11.9 Å². The molecule has 3 nitrogen and oxygen atoms in total. The van der Waals surface area contributed by atoms with E-state index in [1.165, 1.54) is 0 Å². The summed E-state index contributed by atoms with van der Waals surface area (Å²) in [6, 6.07) is 0. The van der Waals surface area contributed by atoms with Gasteiger partial charge in [-0.2, -0.15) is 0 Å². The monoisotopic (exact) mass is 140 g/mol. The predicted molar refractivity (Wildman–Crippen MR) is 40.0 cm³/mol. The number of nitrogens with zero attached hydrogens (tertiary/aromatic N) is 1. The van der Waals surface area contributed by atoms with E-state index in [0.29, 0.717) is 0 Å². The Hall–Kier alpha value is -0.990. The molecule has 0 saturated heterocycles. The summed E-state index contributed by atoms with van der Waals surface area (Å²) in [7, 11) is 0.